The third-order valence-corrected chi connectivity index (χ3v) is 4.55. The van der Waals surface area contributed by atoms with E-state index in [0.717, 1.165) is 24.1 Å². The summed E-state index contributed by atoms with van der Waals surface area (Å²) in [7, 11) is 0. The minimum atomic E-state index is -0.346. The van der Waals surface area contributed by atoms with Crippen LogP contribution in [0.4, 0.5) is 10.1 Å². The van der Waals surface area contributed by atoms with Gasteiger partial charge >= 0.3 is 0 Å². The van der Waals surface area contributed by atoms with Gasteiger partial charge in [-0.15, -0.1) is 0 Å². The third kappa shape index (κ3) is 4.28. The van der Waals surface area contributed by atoms with E-state index >= 15 is 0 Å². The number of hydrogen-bond donors (Lipinski definition) is 2. The van der Waals surface area contributed by atoms with Gasteiger partial charge in [0.2, 0.25) is 5.91 Å². The molecule has 2 aromatic carbocycles. The van der Waals surface area contributed by atoms with Crippen LogP contribution >= 0.6 is 0 Å². The summed E-state index contributed by atoms with van der Waals surface area (Å²) in [5, 5.41) is 5.69. The second kappa shape index (κ2) is 7.68. The second-order valence-corrected chi connectivity index (χ2v) is 6.82. The van der Waals surface area contributed by atoms with Crippen molar-refractivity contribution in [3.8, 4) is 11.3 Å². The summed E-state index contributed by atoms with van der Waals surface area (Å²) in [6.45, 7) is 0.304. The molecule has 0 bridgehead atoms. The summed E-state index contributed by atoms with van der Waals surface area (Å²) in [6, 6.07) is 16.5. The van der Waals surface area contributed by atoms with E-state index in [0.29, 0.717) is 17.9 Å². The highest BCUT2D eigenvalue weighted by Gasteiger charge is 2.29. The summed E-state index contributed by atoms with van der Waals surface area (Å²) >= 11 is 0. The topological polar surface area (TPSA) is 71.3 Å². The first-order chi connectivity index (χ1) is 13.6. The number of halogens is 1. The normalized spacial score (nSPS) is 13.2. The fourth-order valence-corrected chi connectivity index (χ4v) is 2.85. The zero-order valence-electron chi connectivity index (χ0n) is 15.1. The highest BCUT2D eigenvalue weighted by atomic mass is 19.1. The number of rotatable bonds is 6. The Morgan fingerprint density at radius 1 is 1.04 bits per heavy atom. The molecular weight excluding hydrogens is 359 g/mol. The predicted molar refractivity (Wildman–Crippen MR) is 103 cm³/mol. The van der Waals surface area contributed by atoms with E-state index in [-0.39, 0.29) is 29.3 Å². The summed E-state index contributed by atoms with van der Waals surface area (Å²) in [5.41, 5.74) is 2.28. The van der Waals surface area contributed by atoms with Gasteiger partial charge in [-0.1, -0.05) is 12.1 Å². The molecule has 4 rings (SSSR count). The average Bonchev–Trinajstić information content (AvgIpc) is 3.44. The molecule has 1 aliphatic rings. The minimum Gasteiger partial charge on any atom is -0.451 e. The van der Waals surface area contributed by atoms with Crippen LogP contribution in [0.5, 0.6) is 0 Å². The summed E-state index contributed by atoms with van der Waals surface area (Å²) in [5.74, 6) is 0.180. The lowest BCUT2D eigenvalue weighted by Gasteiger charge is -2.08. The van der Waals surface area contributed by atoms with E-state index in [9.17, 15) is 14.0 Å². The predicted octanol–water partition coefficient (Wildman–Crippen LogP) is 4.36. The smallest absolute Gasteiger partial charge is 0.287 e. The fourth-order valence-electron chi connectivity index (χ4n) is 2.85. The number of furan rings is 1. The maximum atomic E-state index is 13.0. The van der Waals surface area contributed by atoms with Crippen LogP contribution in [0, 0.1) is 11.7 Å². The van der Waals surface area contributed by atoms with E-state index in [1.807, 2.05) is 24.3 Å². The molecule has 142 valence electrons. The van der Waals surface area contributed by atoms with Crippen LogP contribution in [0.15, 0.2) is 65.1 Å². The SMILES string of the molecule is O=C(NCc1cccc(NC(=O)C2CC2)c1)c1ccc(-c2ccc(F)cc2)o1. The van der Waals surface area contributed by atoms with Crippen LogP contribution in [0.2, 0.25) is 0 Å². The van der Waals surface area contributed by atoms with E-state index < -0.39 is 0 Å². The van der Waals surface area contributed by atoms with Crippen LogP contribution in [0.25, 0.3) is 11.3 Å². The molecule has 0 spiro atoms. The number of anilines is 1. The number of carbonyl (C=O) groups excluding carboxylic acids is 2. The van der Waals surface area contributed by atoms with Crippen molar-refractivity contribution >= 4 is 17.5 Å². The van der Waals surface area contributed by atoms with Crippen LogP contribution < -0.4 is 10.6 Å². The molecular formula is C22H19FN2O3. The molecule has 2 N–H and O–H groups in total. The van der Waals surface area contributed by atoms with Gasteiger partial charge < -0.3 is 15.1 Å². The minimum absolute atomic E-state index is 0.0464. The quantitative estimate of drug-likeness (QED) is 0.669. The van der Waals surface area contributed by atoms with Gasteiger partial charge in [-0.05, 0) is 66.9 Å². The molecule has 0 saturated heterocycles. The number of benzene rings is 2. The zero-order valence-corrected chi connectivity index (χ0v) is 15.1. The molecule has 1 aromatic heterocycles. The van der Waals surface area contributed by atoms with Crippen molar-refractivity contribution < 1.29 is 18.4 Å². The Morgan fingerprint density at radius 3 is 2.57 bits per heavy atom. The van der Waals surface area contributed by atoms with Crippen molar-refractivity contribution in [1.29, 1.82) is 0 Å². The Bertz CT molecular complexity index is 1010. The first-order valence-corrected chi connectivity index (χ1v) is 9.12. The lowest BCUT2D eigenvalue weighted by Crippen LogP contribution is -2.22. The Hall–Kier alpha value is -3.41. The summed E-state index contributed by atoms with van der Waals surface area (Å²) < 4.78 is 18.6. The average molecular weight is 378 g/mol. The van der Waals surface area contributed by atoms with E-state index in [1.165, 1.54) is 12.1 Å². The molecule has 1 fully saturated rings. The highest BCUT2D eigenvalue weighted by Crippen LogP contribution is 2.30. The zero-order chi connectivity index (χ0) is 19.5. The largest absolute Gasteiger partial charge is 0.451 e. The standard InChI is InChI=1S/C22H19FN2O3/c23-17-8-6-15(7-9-17)19-10-11-20(28-19)22(27)24-13-14-2-1-3-18(12-14)25-21(26)16-4-5-16/h1-3,6-12,16H,4-5,13H2,(H,24,27)(H,25,26). The van der Waals surface area contributed by atoms with Crippen molar-refractivity contribution in [3.63, 3.8) is 0 Å². The second-order valence-electron chi connectivity index (χ2n) is 6.82. The van der Waals surface area contributed by atoms with Crippen molar-refractivity contribution in [2.24, 2.45) is 5.92 Å². The van der Waals surface area contributed by atoms with Crippen LogP contribution in [0.3, 0.4) is 0 Å². The molecule has 28 heavy (non-hydrogen) atoms. The molecule has 1 aliphatic carbocycles. The molecule has 1 heterocycles. The van der Waals surface area contributed by atoms with Crippen LogP contribution in [-0.2, 0) is 11.3 Å². The van der Waals surface area contributed by atoms with Gasteiger partial charge in [0.1, 0.15) is 11.6 Å². The van der Waals surface area contributed by atoms with Crippen molar-refractivity contribution in [1.82, 2.24) is 5.32 Å². The lowest BCUT2D eigenvalue weighted by molar-refractivity contribution is -0.117. The number of amides is 2. The molecule has 0 radical (unpaired) electrons. The fraction of sp³-hybridized carbons (Fsp3) is 0.182. The van der Waals surface area contributed by atoms with E-state index in [4.69, 9.17) is 4.42 Å². The molecule has 5 nitrogen and oxygen atoms in total. The van der Waals surface area contributed by atoms with Crippen molar-refractivity contribution in [2.45, 2.75) is 19.4 Å². The summed E-state index contributed by atoms with van der Waals surface area (Å²) in [4.78, 5) is 24.2. The molecule has 0 atom stereocenters. The highest BCUT2D eigenvalue weighted by molar-refractivity contribution is 5.94. The monoisotopic (exact) mass is 378 g/mol. The summed E-state index contributed by atoms with van der Waals surface area (Å²) in [6.07, 6.45) is 1.90. The maximum absolute atomic E-state index is 13.0. The van der Waals surface area contributed by atoms with Crippen molar-refractivity contribution in [3.05, 3.63) is 77.8 Å². The Morgan fingerprint density at radius 2 is 1.82 bits per heavy atom. The van der Waals surface area contributed by atoms with E-state index in [1.54, 1.807) is 24.3 Å². The number of nitrogens with one attached hydrogen (secondary N) is 2. The Labute approximate surface area is 161 Å². The molecule has 2 amide bonds. The number of carbonyl (C=O) groups is 2. The van der Waals surface area contributed by atoms with Crippen LogP contribution in [0.1, 0.15) is 29.0 Å². The Kier molecular flexibility index (Phi) is 4.93. The van der Waals surface area contributed by atoms with Gasteiger partial charge in [0.05, 0.1) is 0 Å². The van der Waals surface area contributed by atoms with Gasteiger partial charge in [-0.3, -0.25) is 9.59 Å². The van der Waals surface area contributed by atoms with E-state index in [2.05, 4.69) is 10.6 Å². The third-order valence-electron chi connectivity index (χ3n) is 4.55. The van der Waals surface area contributed by atoms with Gasteiger partial charge in [-0.25, -0.2) is 4.39 Å². The molecule has 6 heteroatoms. The molecule has 1 saturated carbocycles. The number of hydrogen-bond acceptors (Lipinski definition) is 3. The molecule has 0 unspecified atom stereocenters. The van der Waals surface area contributed by atoms with Crippen molar-refractivity contribution in [2.75, 3.05) is 5.32 Å². The first-order valence-electron chi connectivity index (χ1n) is 9.12. The van der Waals surface area contributed by atoms with Crippen LogP contribution in [-0.4, -0.2) is 11.8 Å². The van der Waals surface area contributed by atoms with Gasteiger partial charge in [0.15, 0.2) is 5.76 Å². The lowest BCUT2D eigenvalue weighted by atomic mass is 10.2. The van der Waals surface area contributed by atoms with Gasteiger partial charge in [-0.2, -0.15) is 0 Å². The maximum Gasteiger partial charge on any atom is 0.287 e. The van der Waals surface area contributed by atoms with Gasteiger partial charge in [0, 0.05) is 23.7 Å². The molecule has 3 aromatic rings. The van der Waals surface area contributed by atoms with Gasteiger partial charge in [0.25, 0.3) is 5.91 Å². The molecule has 0 aliphatic heterocycles. The Balaban J connectivity index is 1.36. The first kappa shape index (κ1) is 18.0.